The second-order valence-corrected chi connectivity index (χ2v) is 10.4. The van der Waals surface area contributed by atoms with Gasteiger partial charge in [-0.1, -0.05) is 77.8 Å². The molecule has 1 atom stereocenters. The first-order chi connectivity index (χ1) is 18.5. The molecule has 0 unspecified atom stereocenters. The highest BCUT2D eigenvalue weighted by atomic mass is 35.5. The van der Waals surface area contributed by atoms with Crippen molar-refractivity contribution in [3.05, 3.63) is 118 Å². The van der Waals surface area contributed by atoms with Gasteiger partial charge in [0.1, 0.15) is 0 Å². The lowest BCUT2D eigenvalue weighted by Gasteiger charge is -2.23. The van der Waals surface area contributed by atoms with Crippen molar-refractivity contribution in [2.24, 2.45) is 5.10 Å². The van der Waals surface area contributed by atoms with Gasteiger partial charge in [0, 0.05) is 47.2 Å². The van der Waals surface area contributed by atoms with E-state index in [9.17, 15) is 0 Å². The number of nitrogens with zero attached hydrogens (tertiary/aromatic N) is 5. The van der Waals surface area contributed by atoms with Crippen LogP contribution in [0.25, 0.3) is 22.2 Å². The lowest BCUT2D eigenvalue weighted by atomic mass is 9.98. The quantitative estimate of drug-likeness (QED) is 0.227. The molecule has 0 N–H and O–H groups in total. The van der Waals surface area contributed by atoms with E-state index in [4.69, 9.17) is 38.3 Å². The average Bonchev–Trinajstić information content (AvgIpc) is 3.39. The molecule has 5 aromatic rings. The van der Waals surface area contributed by atoms with Crippen molar-refractivity contribution in [1.82, 2.24) is 9.97 Å². The smallest absolute Gasteiger partial charge is 0.247 e. The minimum atomic E-state index is -0.0646. The summed E-state index contributed by atoms with van der Waals surface area (Å²) in [5.74, 6) is 0.546. The van der Waals surface area contributed by atoms with Gasteiger partial charge in [0.05, 0.1) is 23.0 Å². The van der Waals surface area contributed by atoms with Crippen LogP contribution in [-0.4, -0.2) is 29.8 Å². The van der Waals surface area contributed by atoms with E-state index in [2.05, 4.69) is 41.3 Å². The number of hydrazone groups is 1. The van der Waals surface area contributed by atoms with Crippen LogP contribution in [-0.2, 0) is 0 Å². The fourth-order valence-corrected chi connectivity index (χ4v) is 5.07. The normalized spacial score (nSPS) is 15.1. The maximum Gasteiger partial charge on any atom is 0.247 e. The molecule has 0 radical (unpaired) electrons. The molecule has 0 saturated heterocycles. The lowest BCUT2D eigenvalue weighted by Crippen LogP contribution is -2.21. The maximum atomic E-state index is 6.38. The van der Waals surface area contributed by atoms with Gasteiger partial charge in [0.2, 0.25) is 5.95 Å². The van der Waals surface area contributed by atoms with Crippen LogP contribution in [0.5, 0.6) is 0 Å². The Morgan fingerprint density at radius 1 is 0.763 bits per heavy atom. The van der Waals surface area contributed by atoms with E-state index in [-0.39, 0.29) is 6.04 Å². The zero-order valence-electron chi connectivity index (χ0n) is 21.0. The average molecular weight is 538 g/mol. The van der Waals surface area contributed by atoms with Crippen molar-refractivity contribution in [2.45, 2.75) is 12.5 Å². The largest absolute Gasteiger partial charge is 0.378 e. The van der Waals surface area contributed by atoms with E-state index >= 15 is 0 Å². The van der Waals surface area contributed by atoms with Gasteiger partial charge in [-0.05, 0) is 53.6 Å². The molecule has 0 spiro atoms. The SMILES string of the molecule is CN(C)c1ccc([C@H]2CC(c3ccc(Cl)cc3)=NN2c2nc(-c3ccccc3)c3cc(Cl)ccc3n2)cc1. The summed E-state index contributed by atoms with van der Waals surface area (Å²) in [7, 11) is 4.08. The monoisotopic (exact) mass is 537 g/mol. The number of hydrogen-bond acceptors (Lipinski definition) is 5. The van der Waals surface area contributed by atoms with E-state index in [0.717, 1.165) is 44.7 Å². The van der Waals surface area contributed by atoms with Gasteiger partial charge in [-0.3, -0.25) is 0 Å². The Hall–Kier alpha value is -3.93. The summed E-state index contributed by atoms with van der Waals surface area (Å²) in [5.41, 5.74) is 6.91. The molecule has 1 aliphatic rings. The van der Waals surface area contributed by atoms with Crippen molar-refractivity contribution >= 4 is 51.5 Å². The molecule has 0 fully saturated rings. The number of anilines is 2. The summed E-state index contributed by atoms with van der Waals surface area (Å²) in [6, 6.07) is 32.2. The third-order valence-electron chi connectivity index (χ3n) is 6.78. The van der Waals surface area contributed by atoms with Crippen LogP contribution in [0, 0.1) is 0 Å². The Labute approximate surface area is 232 Å². The highest BCUT2D eigenvalue weighted by Crippen LogP contribution is 2.38. The molecule has 2 heterocycles. The van der Waals surface area contributed by atoms with Gasteiger partial charge in [0.25, 0.3) is 0 Å². The molecular formula is C31H25Cl2N5. The fraction of sp³-hybridized carbons (Fsp3) is 0.129. The molecule has 1 aliphatic heterocycles. The summed E-state index contributed by atoms with van der Waals surface area (Å²) in [6.07, 6.45) is 0.714. The van der Waals surface area contributed by atoms with Gasteiger partial charge in [-0.2, -0.15) is 5.10 Å². The number of hydrogen-bond donors (Lipinski definition) is 0. The summed E-state index contributed by atoms with van der Waals surface area (Å²) in [5, 5.41) is 9.28. The zero-order chi connectivity index (χ0) is 26.2. The van der Waals surface area contributed by atoms with E-state index in [1.807, 2.05) is 79.8 Å². The molecule has 4 aromatic carbocycles. The first-order valence-electron chi connectivity index (χ1n) is 12.4. The van der Waals surface area contributed by atoms with Gasteiger partial charge in [-0.25, -0.2) is 15.0 Å². The van der Waals surface area contributed by atoms with E-state index < -0.39 is 0 Å². The fourth-order valence-electron chi connectivity index (χ4n) is 4.77. The van der Waals surface area contributed by atoms with Crippen molar-refractivity contribution in [3.63, 3.8) is 0 Å². The second kappa shape index (κ2) is 10.1. The van der Waals surface area contributed by atoms with Crippen LogP contribution in [0.4, 0.5) is 11.6 Å². The molecule has 1 aromatic heterocycles. The van der Waals surface area contributed by atoms with Gasteiger partial charge >= 0.3 is 0 Å². The predicted octanol–water partition coefficient (Wildman–Crippen LogP) is 8.03. The molecule has 0 amide bonds. The van der Waals surface area contributed by atoms with Crippen molar-refractivity contribution < 1.29 is 0 Å². The molecule has 38 heavy (non-hydrogen) atoms. The summed E-state index contributed by atoms with van der Waals surface area (Å²) in [4.78, 5) is 12.1. The van der Waals surface area contributed by atoms with E-state index in [0.29, 0.717) is 22.4 Å². The van der Waals surface area contributed by atoms with Crippen LogP contribution < -0.4 is 9.91 Å². The molecule has 0 bridgehead atoms. The first-order valence-corrected chi connectivity index (χ1v) is 13.1. The molecule has 188 valence electrons. The highest BCUT2D eigenvalue weighted by Gasteiger charge is 2.32. The van der Waals surface area contributed by atoms with Crippen molar-refractivity contribution in [1.29, 1.82) is 0 Å². The Balaban J connectivity index is 1.51. The summed E-state index contributed by atoms with van der Waals surface area (Å²) in [6.45, 7) is 0. The van der Waals surface area contributed by atoms with E-state index in [1.165, 1.54) is 0 Å². The Morgan fingerprint density at radius 2 is 1.47 bits per heavy atom. The van der Waals surface area contributed by atoms with Crippen LogP contribution >= 0.6 is 23.2 Å². The number of fused-ring (bicyclic) bond motifs is 1. The number of aromatic nitrogens is 2. The Morgan fingerprint density at radius 3 is 2.18 bits per heavy atom. The highest BCUT2D eigenvalue weighted by molar-refractivity contribution is 6.31. The van der Waals surface area contributed by atoms with Gasteiger partial charge < -0.3 is 4.90 Å². The molecular weight excluding hydrogens is 513 g/mol. The predicted molar refractivity (Wildman–Crippen MR) is 159 cm³/mol. The minimum absolute atomic E-state index is 0.0646. The lowest BCUT2D eigenvalue weighted by molar-refractivity contribution is 0.689. The topological polar surface area (TPSA) is 44.6 Å². The van der Waals surface area contributed by atoms with E-state index in [1.54, 1.807) is 0 Å². The molecule has 0 saturated carbocycles. The van der Waals surface area contributed by atoms with Gasteiger partial charge in [0.15, 0.2) is 0 Å². The van der Waals surface area contributed by atoms with Crippen LogP contribution in [0.15, 0.2) is 102 Å². The number of rotatable bonds is 5. The Bertz CT molecular complexity index is 1630. The van der Waals surface area contributed by atoms with Crippen LogP contribution in [0.2, 0.25) is 10.0 Å². The second-order valence-electron chi connectivity index (χ2n) is 9.50. The van der Waals surface area contributed by atoms with Gasteiger partial charge in [-0.15, -0.1) is 0 Å². The van der Waals surface area contributed by atoms with Crippen molar-refractivity contribution in [2.75, 3.05) is 24.0 Å². The number of halogens is 2. The number of benzene rings is 4. The maximum absolute atomic E-state index is 6.38. The minimum Gasteiger partial charge on any atom is -0.378 e. The molecule has 5 nitrogen and oxygen atoms in total. The molecule has 6 rings (SSSR count). The Kier molecular flexibility index (Phi) is 6.48. The zero-order valence-corrected chi connectivity index (χ0v) is 22.5. The van der Waals surface area contributed by atoms with Crippen LogP contribution in [0.1, 0.15) is 23.6 Å². The third kappa shape index (κ3) is 4.71. The first kappa shape index (κ1) is 24.4. The van der Waals surface area contributed by atoms with Crippen LogP contribution in [0.3, 0.4) is 0 Å². The third-order valence-corrected chi connectivity index (χ3v) is 7.27. The standard InChI is InChI=1S/C31H25Cl2N5/c1-37(2)25-15-10-21(11-16-25)29-19-28(20-8-12-23(32)13-9-20)36-38(29)31-34-27-17-14-24(33)18-26(27)30(35-31)22-6-4-3-5-7-22/h3-18,29H,19H2,1-2H3/t29-/m1/s1. The summed E-state index contributed by atoms with van der Waals surface area (Å²) >= 11 is 12.5. The molecule has 7 heteroatoms. The molecule has 0 aliphatic carbocycles. The summed E-state index contributed by atoms with van der Waals surface area (Å²) < 4.78 is 0. The van der Waals surface area contributed by atoms with Crippen molar-refractivity contribution in [3.8, 4) is 11.3 Å².